The number of allylic oxidation sites excluding steroid dienone is 1. The summed E-state index contributed by atoms with van der Waals surface area (Å²) in [4.78, 5) is 10.4. The van der Waals surface area contributed by atoms with Crippen LogP contribution in [0, 0.1) is 0 Å². The minimum Gasteiger partial charge on any atom is -0.481 e. The van der Waals surface area contributed by atoms with Gasteiger partial charge in [0.15, 0.2) is 0 Å². The van der Waals surface area contributed by atoms with E-state index in [9.17, 15) is 4.79 Å². The van der Waals surface area contributed by atoms with Gasteiger partial charge in [0, 0.05) is 6.42 Å². The highest BCUT2D eigenvalue weighted by Gasteiger charge is 1.95. The fourth-order valence-electron chi connectivity index (χ4n) is 2.25. The Hall–Kier alpha value is -2.09. The summed E-state index contributed by atoms with van der Waals surface area (Å²) in [5.41, 5.74) is 1.22. The molecule has 0 aliphatic heterocycles. The van der Waals surface area contributed by atoms with E-state index in [-0.39, 0.29) is 6.42 Å². The maximum absolute atomic E-state index is 10.4. The van der Waals surface area contributed by atoms with Crippen LogP contribution in [0.4, 0.5) is 0 Å². The Labute approximate surface area is 119 Å². The molecule has 2 rings (SSSR count). The van der Waals surface area contributed by atoms with Crippen LogP contribution in [0.15, 0.2) is 48.5 Å². The van der Waals surface area contributed by atoms with Crippen LogP contribution in [0.3, 0.4) is 0 Å². The van der Waals surface area contributed by atoms with Crippen LogP contribution in [0.2, 0.25) is 0 Å². The quantitative estimate of drug-likeness (QED) is 0.726. The van der Waals surface area contributed by atoms with Crippen molar-refractivity contribution in [3.05, 3.63) is 54.1 Å². The molecule has 0 unspecified atom stereocenters. The molecular weight excluding hydrogens is 248 g/mol. The van der Waals surface area contributed by atoms with Crippen molar-refractivity contribution >= 4 is 22.8 Å². The Morgan fingerprint density at radius 2 is 1.80 bits per heavy atom. The minimum atomic E-state index is -0.697. The van der Waals surface area contributed by atoms with Gasteiger partial charge in [0.1, 0.15) is 0 Å². The third-order valence-electron chi connectivity index (χ3n) is 3.35. The molecule has 0 aliphatic carbocycles. The Morgan fingerprint density at radius 1 is 1.00 bits per heavy atom. The zero-order chi connectivity index (χ0) is 14.2. The molecule has 0 atom stereocenters. The molecule has 0 heterocycles. The van der Waals surface area contributed by atoms with Crippen molar-refractivity contribution in [1.82, 2.24) is 0 Å². The van der Waals surface area contributed by atoms with E-state index in [1.807, 2.05) is 0 Å². The highest BCUT2D eigenvalue weighted by molar-refractivity contribution is 5.84. The molecular formula is C18H20O2. The van der Waals surface area contributed by atoms with Gasteiger partial charge < -0.3 is 5.11 Å². The topological polar surface area (TPSA) is 37.3 Å². The van der Waals surface area contributed by atoms with Crippen molar-refractivity contribution in [3.63, 3.8) is 0 Å². The molecule has 0 aromatic heterocycles. The van der Waals surface area contributed by atoms with Gasteiger partial charge >= 0.3 is 5.97 Å². The lowest BCUT2D eigenvalue weighted by molar-refractivity contribution is -0.137. The van der Waals surface area contributed by atoms with Crippen molar-refractivity contribution < 1.29 is 9.90 Å². The highest BCUT2D eigenvalue weighted by Crippen LogP contribution is 2.16. The third kappa shape index (κ3) is 4.54. The molecule has 0 saturated heterocycles. The number of fused-ring (bicyclic) bond motifs is 1. The van der Waals surface area contributed by atoms with E-state index in [2.05, 4.69) is 54.6 Å². The van der Waals surface area contributed by atoms with Crippen molar-refractivity contribution in [2.75, 3.05) is 0 Å². The number of carboxylic acids is 1. The second kappa shape index (κ2) is 7.49. The maximum Gasteiger partial charge on any atom is 0.303 e. The first-order valence-corrected chi connectivity index (χ1v) is 7.13. The van der Waals surface area contributed by atoms with Crippen LogP contribution < -0.4 is 0 Å². The summed E-state index contributed by atoms with van der Waals surface area (Å²) in [7, 11) is 0. The molecule has 2 heteroatoms. The van der Waals surface area contributed by atoms with Crippen LogP contribution >= 0.6 is 0 Å². The van der Waals surface area contributed by atoms with Gasteiger partial charge in [-0.15, -0.1) is 0 Å². The van der Waals surface area contributed by atoms with Gasteiger partial charge in [-0.1, -0.05) is 55.0 Å². The Balaban J connectivity index is 1.79. The number of benzene rings is 2. The van der Waals surface area contributed by atoms with Crippen molar-refractivity contribution in [2.45, 2.75) is 32.1 Å². The second-order valence-electron chi connectivity index (χ2n) is 5.00. The van der Waals surface area contributed by atoms with Crippen LogP contribution in [0.1, 0.15) is 37.7 Å². The SMILES string of the molecule is O=C(O)CCCCCC=Cc1ccc2ccccc2c1. The smallest absolute Gasteiger partial charge is 0.303 e. The molecule has 2 nitrogen and oxygen atoms in total. The molecule has 0 aliphatic rings. The number of unbranched alkanes of at least 4 members (excludes halogenated alkanes) is 3. The first-order valence-electron chi connectivity index (χ1n) is 7.13. The average Bonchev–Trinajstić information content (AvgIpc) is 2.46. The monoisotopic (exact) mass is 268 g/mol. The lowest BCUT2D eigenvalue weighted by atomic mass is 10.1. The molecule has 104 valence electrons. The number of hydrogen-bond acceptors (Lipinski definition) is 1. The number of carboxylic acid groups (broad SMARTS) is 1. The number of rotatable bonds is 7. The maximum atomic E-state index is 10.4. The second-order valence-corrected chi connectivity index (χ2v) is 5.00. The summed E-state index contributed by atoms with van der Waals surface area (Å²) in [5, 5.41) is 11.1. The van der Waals surface area contributed by atoms with Gasteiger partial charge in [0.2, 0.25) is 0 Å². The third-order valence-corrected chi connectivity index (χ3v) is 3.35. The zero-order valence-electron chi connectivity index (χ0n) is 11.6. The van der Waals surface area contributed by atoms with Gasteiger partial charge in [-0.05, 0) is 41.7 Å². The van der Waals surface area contributed by atoms with E-state index < -0.39 is 5.97 Å². The van der Waals surface area contributed by atoms with E-state index in [1.165, 1.54) is 16.3 Å². The molecule has 0 bridgehead atoms. The molecule has 2 aromatic rings. The van der Waals surface area contributed by atoms with Crippen molar-refractivity contribution in [2.24, 2.45) is 0 Å². The standard InChI is InChI=1S/C18H20O2/c19-18(20)11-5-3-1-2-4-8-15-12-13-16-9-6-7-10-17(16)14-15/h4,6-10,12-14H,1-3,5,11H2,(H,19,20). The first kappa shape index (κ1) is 14.3. The number of carbonyl (C=O) groups is 1. The fourth-order valence-corrected chi connectivity index (χ4v) is 2.25. The predicted octanol–water partition coefficient (Wildman–Crippen LogP) is 4.89. The molecule has 20 heavy (non-hydrogen) atoms. The molecule has 0 radical (unpaired) electrons. The highest BCUT2D eigenvalue weighted by atomic mass is 16.4. The normalized spacial score (nSPS) is 11.2. The van der Waals surface area contributed by atoms with Gasteiger partial charge in [-0.25, -0.2) is 0 Å². The number of aliphatic carboxylic acids is 1. The predicted molar refractivity (Wildman–Crippen MR) is 83.7 cm³/mol. The summed E-state index contributed by atoms with van der Waals surface area (Å²) in [5.74, 6) is -0.697. The molecule has 0 saturated carbocycles. The summed E-state index contributed by atoms with van der Waals surface area (Å²) >= 11 is 0. The van der Waals surface area contributed by atoms with E-state index in [0.29, 0.717) is 0 Å². The summed E-state index contributed by atoms with van der Waals surface area (Å²) in [6.45, 7) is 0. The van der Waals surface area contributed by atoms with Gasteiger partial charge in [-0.2, -0.15) is 0 Å². The first-order chi connectivity index (χ1) is 9.75. The Morgan fingerprint density at radius 3 is 2.60 bits per heavy atom. The summed E-state index contributed by atoms with van der Waals surface area (Å²) in [6, 6.07) is 14.8. The molecule has 1 N–H and O–H groups in total. The van der Waals surface area contributed by atoms with Crippen LogP contribution in [-0.4, -0.2) is 11.1 Å². The van der Waals surface area contributed by atoms with Crippen LogP contribution in [-0.2, 0) is 4.79 Å². The van der Waals surface area contributed by atoms with E-state index in [0.717, 1.165) is 25.7 Å². The molecule has 0 spiro atoms. The Kier molecular flexibility index (Phi) is 5.36. The molecule has 2 aromatic carbocycles. The lowest BCUT2D eigenvalue weighted by Gasteiger charge is -1.99. The fraction of sp³-hybridized carbons (Fsp3) is 0.278. The summed E-state index contributed by atoms with van der Waals surface area (Å²) in [6.07, 6.45) is 8.42. The lowest BCUT2D eigenvalue weighted by Crippen LogP contribution is -1.93. The average molecular weight is 268 g/mol. The van der Waals surface area contributed by atoms with E-state index in [4.69, 9.17) is 5.11 Å². The van der Waals surface area contributed by atoms with Crippen LogP contribution in [0.5, 0.6) is 0 Å². The molecule has 0 amide bonds. The Bertz CT molecular complexity index is 599. The van der Waals surface area contributed by atoms with Gasteiger partial charge in [0.05, 0.1) is 0 Å². The van der Waals surface area contributed by atoms with Gasteiger partial charge in [0.25, 0.3) is 0 Å². The molecule has 0 fully saturated rings. The van der Waals surface area contributed by atoms with E-state index in [1.54, 1.807) is 0 Å². The zero-order valence-corrected chi connectivity index (χ0v) is 11.6. The summed E-state index contributed by atoms with van der Waals surface area (Å²) < 4.78 is 0. The van der Waals surface area contributed by atoms with E-state index >= 15 is 0 Å². The van der Waals surface area contributed by atoms with Crippen LogP contribution in [0.25, 0.3) is 16.8 Å². The van der Waals surface area contributed by atoms with Crippen molar-refractivity contribution in [1.29, 1.82) is 0 Å². The van der Waals surface area contributed by atoms with Crippen molar-refractivity contribution in [3.8, 4) is 0 Å². The van der Waals surface area contributed by atoms with Gasteiger partial charge in [-0.3, -0.25) is 4.79 Å². The number of hydrogen-bond donors (Lipinski definition) is 1. The minimum absolute atomic E-state index is 0.286. The largest absolute Gasteiger partial charge is 0.481 e.